The lowest BCUT2D eigenvalue weighted by molar-refractivity contribution is -0.146. The molecule has 1 N–H and O–H groups in total. The van der Waals surface area contributed by atoms with Crippen molar-refractivity contribution in [3.8, 4) is 6.07 Å². The van der Waals surface area contributed by atoms with E-state index in [4.69, 9.17) is 9.40 Å². The second kappa shape index (κ2) is 9.43. The monoisotopic (exact) mass is 435 g/mol. The molecule has 4 rings (SSSR count). The van der Waals surface area contributed by atoms with Gasteiger partial charge in [0, 0.05) is 31.9 Å². The number of piperazine rings is 1. The Kier molecular flexibility index (Phi) is 6.45. The summed E-state index contributed by atoms with van der Waals surface area (Å²) in [6, 6.07) is 5.89. The van der Waals surface area contributed by atoms with E-state index < -0.39 is 11.8 Å². The highest BCUT2D eigenvalue weighted by molar-refractivity contribution is 6.35. The Labute approximate surface area is 188 Å². The molecule has 2 amide bonds. The van der Waals surface area contributed by atoms with Crippen molar-refractivity contribution >= 4 is 17.6 Å². The van der Waals surface area contributed by atoms with Crippen LogP contribution in [-0.4, -0.2) is 47.9 Å². The van der Waals surface area contributed by atoms with Gasteiger partial charge in [0.25, 0.3) is 0 Å². The van der Waals surface area contributed by atoms with Crippen LogP contribution in [0.15, 0.2) is 22.8 Å². The second-order valence-electron chi connectivity index (χ2n) is 8.67. The number of aromatic nitrogens is 1. The quantitative estimate of drug-likeness (QED) is 0.741. The normalized spacial score (nSPS) is 15.9. The van der Waals surface area contributed by atoms with Crippen molar-refractivity contribution < 1.29 is 14.0 Å². The minimum absolute atomic E-state index is 0.181. The van der Waals surface area contributed by atoms with Gasteiger partial charge in [0.1, 0.15) is 17.6 Å². The van der Waals surface area contributed by atoms with Crippen LogP contribution in [0.4, 0.5) is 5.82 Å². The lowest BCUT2D eigenvalue weighted by Gasteiger charge is -2.36. The molecule has 1 aliphatic carbocycles. The Morgan fingerprint density at radius 2 is 1.91 bits per heavy atom. The van der Waals surface area contributed by atoms with Gasteiger partial charge in [-0.3, -0.25) is 9.59 Å². The van der Waals surface area contributed by atoms with Gasteiger partial charge in [-0.25, -0.2) is 4.98 Å². The predicted molar refractivity (Wildman–Crippen MR) is 119 cm³/mol. The summed E-state index contributed by atoms with van der Waals surface area (Å²) >= 11 is 0. The van der Waals surface area contributed by atoms with Crippen molar-refractivity contribution in [2.45, 2.75) is 52.0 Å². The van der Waals surface area contributed by atoms with Crippen LogP contribution in [0.2, 0.25) is 0 Å². The third-order valence-corrected chi connectivity index (χ3v) is 6.25. The summed E-state index contributed by atoms with van der Waals surface area (Å²) in [5.41, 5.74) is 4.18. The molecule has 1 aliphatic heterocycles. The molecule has 0 atom stereocenters. The number of anilines is 1. The average Bonchev–Trinajstić information content (AvgIpc) is 3.34. The fourth-order valence-electron chi connectivity index (χ4n) is 4.58. The number of carbonyl (C=O) groups is 2. The fourth-order valence-corrected chi connectivity index (χ4v) is 4.58. The van der Waals surface area contributed by atoms with Crippen LogP contribution >= 0.6 is 0 Å². The van der Waals surface area contributed by atoms with Crippen molar-refractivity contribution in [1.29, 1.82) is 5.26 Å². The van der Waals surface area contributed by atoms with Crippen LogP contribution in [0.3, 0.4) is 0 Å². The number of pyridine rings is 1. The van der Waals surface area contributed by atoms with E-state index in [0.29, 0.717) is 37.5 Å². The Bertz CT molecular complexity index is 1030. The largest absolute Gasteiger partial charge is 0.467 e. The molecular weight excluding hydrogens is 406 g/mol. The smallest absolute Gasteiger partial charge is 0.312 e. The Morgan fingerprint density at radius 1 is 1.19 bits per heavy atom. The minimum Gasteiger partial charge on any atom is -0.467 e. The van der Waals surface area contributed by atoms with Crippen LogP contribution < -0.4 is 10.2 Å². The molecule has 2 aromatic heterocycles. The molecule has 2 aliphatic rings. The van der Waals surface area contributed by atoms with E-state index in [2.05, 4.69) is 30.1 Å². The van der Waals surface area contributed by atoms with E-state index >= 15 is 0 Å². The molecular formula is C24H29N5O3. The summed E-state index contributed by atoms with van der Waals surface area (Å²) in [6.45, 7) is 6.36. The molecule has 168 valence electrons. The minimum atomic E-state index is -0.637. The van der Waals surface area contributed by atoms with Gasteiger partial charge in [-0.15, -0.1) is 0 Å². The summed E-state index contributed by atoms with van der Waals surface area (Å²) < 4.78 is 5.18. The number of nitriles is 1. The number of carbonyl (C=O) groups excluding carboxylic acids is 2. The van der Waals surface area contributed by atoms with Crippen molar-refractivity contribution in [1.82, 2.24) is 15.2 Å². The molecule has 0 spiro atoms. The van der Waals surface area contributed by atoms with Crippen molar-refractivity contribution in [2.24, 2.45) is 0 Å². The first-order valence-electron chi connectivity index (χ1n) is 11.3. The topological polar surface area (TPSA) is 102 Å². The van der Waals surface area contributed by atoms with Gasteiger partial charge >= 0.3 is 11.8 Å². The van der Waals surface area contributed by atoms with E-state index in [0.717, 1.165) is 42.8 Å². The van der Waals surface area contributed by atoms with E-state index in [9.17, 15) is 14.9 Å². The number of furan rings is 1. The molecule has 8 heteroatoms. The SMILES string of the molecule is CC(C)c1nc(N2CCN(C(=O)C(=O)NCc3ccco3)CC2)c(C#N)c2c1CCCC2. The first kappa shape index (κ1) is 21.9. The molecule has 1 saturated heterocycles. The summed E-state index contributed by atoms with van der Waals surface area (Å²) in [5, 5.41) is 12.5. The van der Waals surface area contributed by atoms with Crippen molar-refractivity contribution in [3.05, 3.63) is 46.5 Å². The highest BCUT2D eigenvalue weighted by atomic mass is 16.3. The summed E-state index contributed by atoms with van der Waals surface area (Å²) in [6.07, 6.45) is 5.67. The van der Waals surface area contributed by atoms with Gasteiger partial charge in [-0.2, -0.15) is 5.26 Å². The fraction of sp³-hybridized carbons (Fsp3) is 0.500. The zero-order chi connectivity index (χ0) is 22.7. The molecule has 0 radical (unpaired) electrons. The van der Waals surface area contributed by atoms with Gasteiger partial charge in [-0.1, -0.05) is 13.8 Å². The van der Waals surface area contributed by atoms with E-state index in [1.54, 1.807) is 17.0 Å². The molecule has 0 bridgehead atoms. The van der Waals surface area contributed by atoms with Crippen LogP contribution in [0, 0.1) is 11.3 Å². The maximum absolute atomic E-state index is 12.6. The Hall–Kier alpha value is -3.34. The number of nitrogens with one attached hydrogen (secondary N) is 1. The zero-order valence-corrected chi connectivity index (χ0v) is 18.7. The van der Waals surface area contributed by atoms with Crippen LogP contribution in [-0.2, 0) is 29.0 Å². The third-order valence-electron chi connectivity index (χ3n) is 6.25. The van der Waals surface area contributed by atoms with E-state index in [1.807, 2.05) is 0 Å². The van der Waals surface area contributed by atoms with Gasteiger partial charge in [-0.05, 0) is 54.9 Å². The Balaban J connectivity index is 1.46. The number of amides is 2. The standard InChI is InChI=1S/C24H29N5O3/c1-16(2)21-19-8-4-3-7-18(19)20(14-25)22(27-21)28-9-11-29(12-10-28)24(31)23(30)26-15-17-6-5-13-32-17/h5-6,13,16H,3-4,7-12,15H2,1-2H3,(H,26,30). The highest BCUT2D eigenvalue weighted by Crippen LogP contribution is 2.35. The third kappa shape index (κ3) is 4.33. The summed E-state index contributed by atoms with van der Waals surface area (Å²) in [4.78, 5) is 33.4. The molecule has 1 fully saturated rings. The molecule has 0 saturated carbocycles. The first-order valence-corrected chi connectivity index (χ1v) is 11.3. The van der Waals surface area contributed by atoms with Crippen LogP contribution in [0.1, 0.15) is 60.8 Å². The number of hydrogen-bond donors (Lipinski definition) is 1. The number of nitrogens with zero attached hydrogens (tertiary/aromatic N) is 4. The lowest BCUT2D eigenvalue weighted by Crippen LogP contribution is -2.53. The number of hydrogen-bond acceptors (Lipinski definition) is 6. The number of rotatable bonds is 4. The van der Waals surface area contributed by atoms with E-state index in [-0.39, 0.29) is 12.5 Å². The van der Waals surface area contributed by atoms with Gasteiger partial charge in [0.15, 0.2) is 0 Å². The molecule has 2 aromatic rings. The lowest BCUT2D eigenvalue weighted by atomic mass is 9.85. The van der Waals surface area contributed by atoms with Gasteiger partial charge in [0.05, 0.1) is 18.4 Å². The molecule has 0 aromatic carbocycles. The molecule has 0 unspecified atom stereocenters. The predicted octanol–water partition coefficient (Wildman–Crippen LogP) is 2.51. The van der Waals surface area contributed by atoms with E-state index in [1.165, 1.54) is 11.8 Å². The Morgan fingerprint density at radius 3 is 2.53 bits per heavy atom. The molecule has 3 heterocycles. The maximum atomic E-state index is 12.6. The number of fused-ring (bicyclic) bond motifs is 1. The maximum Gasteiger partial charge on any atom is 0.312 e. The molecule has 8 nitrogen and oxygen atoms in total. The average molecular weight is 436 g/mol. The van der Waals surface area contributed by atoms with Crippen LogP contribution in [0.5, 0.6) is 0 Å². The van der Waals surface area contributed by atoms with Gasteiger partial charge < -0.3 is 19.5 Å². The van der Waals surface area contributed by atoms with Crippen LogP contribution in [0.25, 0.3) is 0 Å². The van der Waals surface area contributed by atoms with Crippen molar-refractivity contribution in [2.75, 3.05) is 31.1 Å². The second-order valence-corrected chi connectivity index (χ2v) is 8.67. The molecule has 32 heavy (non-hydrogen) atoms. The summed E-state index contributed by atoms with van der Waals surface area (Å²) in [5.74, 6) is 0.430. The van der Waals surface area contributed by atoms with Crippen molar-refractivity contribution in [3.63, 3.8) is 0 Å². The zero-order valence-electron chi connectivity index (χ0n) is 18.7. The highest BCUT2D eigenvalue weighted by Gasteiger charge is 2.30. The summed E-state index contributed by atoms with van der Waals surface area (Å²) in [7, 11) is 0. The first-order chi connectivity index (χ1) is 15.5. The van der Waals surface area contributed by atoms with Gasteiger partial charge in [0.2, 0.25) is 0 Å².